The highest BCUT2D eigenvalue weighted by Crippen LogP contribution is 2.26. The second-order valence-electron chi connectivity index (χ2n) is 6.30. The fraction of sp³-hybridized carbons (Fsp3) is 0.833. The summed E-state index contributed by atoms with van der Waals surface area (Å²) in [6, 6.07) is 0.524. The Morgan fingerprint density at radius 3 is 2.25 bits per heavy atom. The van der Waals surface area contributed by atoms with Crippen molar-refractivity contribution in [3.8, 4) is 0 Å². The molecule has 0 N–H and O–H groups in total. The van der Waals surface area contributed by atoms with Gasteiger partial charge in [-0.05, 0) is 26.7 Å². The number of unbranched alkanes of at least 4 members (excludes halogenated alkanes) is 6. The quantitative estimate of drug-likeness (QED) is 0.447. The van der Waals surface area contributed by atoms with Crippen LogP contribution in [0.4, 0.5) is 0 Å². The molecular formula is C18H34N2. The molecule has 0 aromatic carbocycles. The summed E-state index contributed by atoms with van der Waals surface area (Å²) in [7, 11) is 0. The van der Waals surface area contributed by atoms with Crippen LogP contribution in [0.2, 0.25) is 0 Å². The molecule has 0 saturated heterocycles. The van der Waals surface area contributed by atoms with Crippen LogP contribution in [0.5, 0.6) is 0 Å². The lowest BCUT2D eigenvalue weighted by Gasteiger charge is -2.19. The smallest absolute Gasteiger partial charge is 0.111 e. The number of hydrogen-bond donors (Lipinski definition) is 0. The normalized spacial score (nSPS) is 13.1. The zero-order chi connectivity index (χ0) is 14.8. The number of hydrogen-bond acceptors (Lipinski definition) is 1. The summed E-state index contributed by atoms with van der Waals surface area (Å²) in [5.41, 5.74) is 0. The van der Waals surface area contributed by atoms with Gasteiger partial charge in [-0.3, -0.25) is 0 Å². The first-order chi connectivity index (χ1) is 9.70. The molecule has 0 radical (unpaired) electrons. The van der Waals surface area contributed by atoms with Crippen molar-refractivity contribution in [3.05, 3.63) is 18.2 Å². The molecule has 0 aliphatic rings. The van der Waals surface area contributed by atoms with Crippen molar-refractivity contribution in [2.24, 2.45) is 0 Å². The molecule has 0 spiro atoms. The minimum Gasteiger partial charge on any atom is -0.332 e. The lowest BCUT2D eigenvalue weighted by molar-refractivity contribution is 0.471. The van der Waals surface area contributed by atoms with Gasteiger partial charge in [0.05, 0.1) is 0 Å². The van der Waals surface area contributed by atoms with Gasteiger partial charge in [0.1, 0.15) is 5.82 Å². The van der Waals surface area contributed by atoms with Gasteiger partial charge in [-0.25, -0.2) is 4.98 Å². The SMILES string of the molecule is CCCCCCCCCC(CC)c1nccn1C(C)C. The molecule has 0 saturated carbocycles. The highest BCUT2D eigenvalue weighted by Gasteiger charge is 2.16. The number of rotatable bonds is 11. The Bertz CT molecular complexity index is 341. The Morgan fingerprint density at radius 2 is 1.65 bits per heavy atom. The van der Waals surface area contributed by atoms with Gasteiger partial charge in [0.15, 0.2) is 0 Å². The Morgan fingerprint density at radius 1 is 1.00 bits per heavy atom. The molecule has 1 rings (SSSR count). The van der Waals surface area contributed by atoms with E-state index in [1.54, 1.807) is 0 Å². The average Bonchev–Trinajstić information content (AvgIpc) is 2.91. The summed E-state index contributed by atoms with van der Waals surface area (Å²) >= 11 is 0. The van der Waals surface area contributed by atoms with E-state index in [2.05, 4.69) is 43.4 Å². The molecule has 0 fully saturated rings. The van der Waals surface area contributed by atoms with Crippen molar-refractivity contribution >= 4 is 0 Å². The maximum atomic E-state index is 4.61. The third-order valence-electron chi connectivity index (χ3n) is 4.27. The molecule has 1 heterocycles. The van der Waals surface area contributed by atoms with E-state index >= 15 is 0 Å². The lowest BCUT2D eigenvalue weighted by Crippen LogP contribution is -2.10. The fourth-order valence-electron chi connectivity index (χ4n) is 2.94. The maximum absolute atomic E-state index is 4.61. The predicted octanol–water partition coefficient (Wildman–Crippen LogP) is 6.10. The zero-order valence-corrected chi connectivity index (χ0v) is 14.1. The summed E-state index contributed by atoms with van der Waals surface area (Å²) in [5, 5.41) is 0. The van der Waals surface area contributed by atoms with Crippen molar-refractivity contribution in [2.45, 2.75) is 97.4 Å². The summed E-state index contributed by atoms with van der Waals surface area (Å²) < 4.78 is 2.34. The highest BCUT2D eigenvalue weighted by atomic mass is 15.1. The van der Waals surface area contributed by atoms with Gasteiger partial charge in [0, 0.05) is 24.4 Å². The Kier molecular flexibility index (Phi) is 8.64. The minimum absolute atomic E-state index is 0.524. The predicted molar refractivity (Wildman–Crippen MR) is 88.3 cm³/mol. The average molecular weight is 278 g/mol. The van der Waals surface area contributed by atoms with E-state index in [0.29, 0.717) is 12.0 Å². The third-order valence-corrected chi connectivity index (χ3v) is 4.27. The van der Waals surface area contributed by atoms with Gasteiger partial charge >= 0.3 is 0 Å². The molecule has 2 heteroatoms. The van der Waals surface area contributed by atoms with Crippen LogP contribution in [-0.2, 0) is 0 Å². The third kappa shape index (κ3) is 5.68. The van der Waals surface area contributed by atoms with Crippen LogP contribution in [0, 0.1) is 0 Å². The summed E-state index contributed by atoms with van der Waals surface area (Å²) in [6.45, 7) is 9.06. The molecule has 2 nitrogen and oxygen atoms in total. The van der Waals surface area contributed by atoms with Crippen LogP contribution in [0.1, 0.15) is 103 Å². The first-order valence-corrected chi connectivity index (χ1v) is 8.73. The molecule has 1 aromatic rings. The van der Waals surface area contributed by atoms with E-state index < -0.39 is 0 Å². The van der Waals surface area contributed by atoms with Gasteiger partial charge in [-0.15, -0.1) is 0 Å². The summed E-state index contributed by atoms with van der Waals surface area (Å²) in [4.78, 5) is 4.61. The van der Waals surface area contributed by atoms with Crippen molar-refractivity contribution in [1.82, 2.24) is 9.55 Å². The molecule has 116 valence electrons. The molecule has 1 aromatic heterocycles. The van der Waals surface area contributed by atoms with E-state index in [0.717, 1.165) is 0 Å². The van der Waals surface area contributed by atoms with E-state index in [1.807, 2.05) is 6.20 Å². The van der Waals surface area contributed by atoms with E-state index in [9.17, 15) is 0 Å². The van der Waals surface area contributed by atoms with E-state index in [1.165, 1.54) is 63.6 Å². The molecule has 0 aliphatic heterocycles. The molecule has 0 bridgehead atoms. The summed E-state index contributed by atoms with van der Waals surface area (Å²) in [6.07, 6.45) is 16.4. The highest BCUT2D eigenvalue weighted by molar-refractivity contribution is 5.01. The van der Waals surface area contributed by atoms with Crippen LogP contribution in [0.25, 0.3) is 0 Å². The number of imidazole rings is 1. The second kappa shape index (κ2) is 10.0. The number of nitrogens with zero attached hydrogens (tertiary/aromatic N) is 2. The van der Waals surface area contributed by atoms with Gasteiger partial charge in [0.2, 0.25) is 0 Å². The zero-order valence-electron chi connectivity index (χ0n) is 14.1. The van der Waals surface area contributed by atoms with E-state index in [-0.39, 0.29) is 0 Å². The molecular weight excluding hydrogens is 244 g/mol. The molecule has 20 heavy (non-hydrogen) atoms. The van der Waals surface area contributed by atoms with Gasteiger partial charge in [0.25, 0.3) is 0 Å². The first-order valence-electron chi connectivity index (χ1n) is 8.73. The monoisotopic (exact) mass is 278 g/mol. The van der Waals surface area contributed by atoms with Crippen LogP contribution in [0.15, 0.2) is 12.4 Å². The van der Waals surface area contributed by atoms with Gasteiger partial charge in [-0.2, -0.15) is 0 Å². The lowest BCUT2D eigenvalue weighted by atomic mass is 9.96. The van der Waals surface area contributed by atoms with Gasteiger partial charge in [-0.1, -0.05) is 58.8 Å². The van der Waals surface area contributed by atoms with Crippen LogP contribution >= 0.6 is 0 Å². The van der Waals surface area contributed by atoms with Crippen molar-refractivity contribution in [3.63, 3.8) is 0 Å². The standard InChI is InChI=1S/C18H34N2/c1-5-7-8-9-10-11-12-13-17(6-2)18-19-14-15-20(18)16(3)4/h14-17H,5-13H2,1-4H3. The van der Waals surface area contributed by atoms with E-state index in [4.69, 9.17) is 0 Å². The van der Waals surface area contributed by atoms with Crippen molar-refractivity contribution < 1.29 is 0 Å². The molecule has 0 amide bonds. The van der Waals surface area contributed by atoms with Crippen LogP contribution < -0.4 is 0 Å². The molecule has 1 unspecified atom stereocenters. The number of aromatic nitrogens is 2. The first kappa shape index (κ1) is 17.3. The topological polar surface area (TPSA) is 17.8 Å². The second-order valence-corrected chi connectivity index (χ2v) is 6.30. The van der Waals surface area contributed by atoms with Gasteiger partial charge < -0.3 is 4.57 Å². The Balaban J connectivity index is 2.31. The molecule has 0 aliphatic carbocycles. The summed E-state index contributed by atoms with van der Waals surface area (Å²) in [5.74, 6) is 1.94. The Hall–Kier alpha value is -0.790. The van der Waals surface area contributed by atoms with Crippen molar-refractivity contribution in [1.29, 1.82) is 0 Å². The molecule has 1 atom stereocenters. The van der Waals surface area contributed by atoms with Crippen LogP contribution in [-0.4, -0.2) is 9.55 Å². The maximum Gasteiger partial charge on any atom is 0.111 e. The Labute approximate surface area is 126 Å². The van der Waals surface area contributed by atoms with Crippen LogP contribution in [0.3, 0.4) is 0 Å². The fourth-order valence-corrected chi connectivity index (χ4v) is 2.94. The largest absolute Gasteiger partial charge is 0.332 e. The minimum atomic E-state index is 0.524. The van der Waals surface area contributed by atoms with Crippen molar-refractivity contribution in [2.75, 3.05) is 0 Å².